The lowest BCUT2D eigenvalue weighted by molar-refractivity contribution is -0.137. The summed E-state index contributed by atoms with van der Waals surface area (Å²) in [7, 11) is 0. The van der Waals surface area contributed by atoms with Crippen LogP contribution in [0.5, 0.6) is 0 Å². The van der Waals surface area contributed by atoms with Crippen LogP contribution in [0.3, 0.4) is 0 Å². The van der Waals surface area contributed by atoms with E-state index in [2.05, 4.69) is 5.32 Å². The Morgan fingerprint density at radius 2 is 2.00 bits per heavy atom. The number of rotatable bonds is 5. The third-order valence-corrected chi connectivity index (χ3v) is 2.98. The van der Waals surface area contributed by atoms with Crippen LogP contribution in [-0.2, 0) is 19.9 Å². The highest BCUT2D eigenvalue weighted by molar-refractivity contribution is 5.82. The molecule has 0 aliphatic carbocycles. The van der Waals surface area contributed by atoms with E-state index in [4.69, 9.17) is 4.74 Å². The van der Waals surface area contributed by atoms with Crippen molar-refractivity contribution < 1.29 is 14.3 Å². The lowest BCUT2D eigenvalue weighted by atomic mass is 9.88. The van der Waals surface area contributed by atoms with E-state index in [9.17, 15) is 9.59 Å². The van der Waals surface area contributed by atoms with Crippen molar-refractivity contribution in [1.29, 1.82) is 0 Å². The molecule has 0 aliphatic rings. The number of ether oxygens (including phenoxy) is 1. The van der Waals surface area contributed by atoms with E-state index in [1.54, 1.807) is 13.0 Å². The van der Waals surface area contributed by atoms with Crippen LogP contribution in [-0.4, -0.2) is 18.5 Å². The van der Waals surface area contributed by atoms with Gasteiger partial charge < -0.3 is 10.1 Å². The van der Waals surface area contributed by atoms with E-state index < -0.39 is 11.5 Å². The minimum atomic E-state index is -0.746. The van der Waals surface area contributed by atoms with Gasteiger partial charge in [-0.3, -0.25) is 4.79 Å². The van der Waals surface area contributed by atoms with Gasteiger partial charge in [-0.15, -0.1) is 0 Å². The number of aryl methyl sites for hydroxylation is 1. The zero-order valence-electron chi connectivity index (χ0n) is 12.4. The Kier molecular flexibility index (Phi) is 5.50. The molecule has 1 rings (SSSR count). The van der Waals surface area contributed by atoms with Gasteiger partial charge in [0.25, 0.3) is 0 Å². The summed E-state index contributed by atoms with van der Waals surface area (Å²) < 4.78 is 4.87. The number of hydrogen-bond donors (Lipinski definition) is 1. The maximum atomic E-state index is 11.5. The minimum absolute atomic E-state index is 0.163. The monoisotopic (exact) mass is 275 g/mol. The first kappa shape index (κ1) is 16.0. The molecule has 20 heavy (non-hydrogen) atoms. The van der Waals surface area contributed by atoms with E-state index in [0.717, 1.165) is 11.1 Å². The number of carbonyl (C=O) groups excluding carboxylic acids is 2. The number of esters is 1. The van der Waals surface area contributed by atoms with Crippen LogP contribution in [0.2, 0.25) is 0 Å². The average molecular weight is 275 g/mol. The maximum absolute atomic E-state index is 11.5. The van der Waals surface area contributed by atoms with Gasteiger partial charge >= 0.3 is 5.97 Å². The average Bonchev–Trinajstić information content (AvgIpc) is 2.36. The SMILES string of the molecule is CCOC(=O)/C=C/C(C)(NC(C)=O)c1ccccc1C. The summed E-state index contributed by atoms with van der Waals surface area (Å²) in [6, 6.07) is 7.73. The molecule has 108 valence electrons. The molecule has 1 aromatic rings. The molecule has 4 heteroatoms. The number of amides is 1. The molecular formula is C16H21NO3. The summed E-state index contributed by atoms with van der Waals surface area (Å²) in [5.74, 6) is -0.582. The van der Waals surface area contributed by atoms with Crippen LogP contribution in [0.25, 0.3) is 0 Å². The smallest absolute Gasteiger partial charge is 0.330 e. The molecule has 4 nitrogen and oxygen atoms in total. The number of nitrogens with one attached hydrogen (secondary N) is 1. The molecule has 1 N–H and O–H groups in total. The summed E-state index contributed by atoms with van der Waals surface area (Å²) >= 11 is 0. The second kappa shape index (κ2) is 6.89. The molecule has 0 radical (unpaired) electrons. The topological polar surface area (TPSA) is 55.4 Å². The van der Waals surface area contributed by atoms with Gasteiger partial charge in [-0.25, -0.2) is 4.79 Å². The lowest BCUT2D eigenvalue weighted by Crippen LogP contribution is -2.41. The van der Waals surface area contributed by atoms with E-state index in [0.29, 0.717) is 6.61 Å². The zero-order valence-corrected chi connectivity index (χ0v) is 12.4. The van der Waals surface area contributed by atoms with Gasteiger partial charge in [0, 0.05) is 13.0 Å². The molecule has 0 saturated carbocycles. The molecule has 0 aromatic heterocycles. The third-order valence-electron chi connectivity index (χ3n) is 2.98. The van der Waals surface area contributed by atoms with Gasteiger partial charge in [0.05, 0.1) is 12.1 Å². The first-order valence-electron chi connectivity index (χ1n) is 6.60. The van der Waals surface area contributed by atoms with Crippen molar-refractivity contribution in [1.82, 2.24) is 5.32 Å². The van der Waals surface area contributed by atoms with Crippen molar-refractivity contribution in [2.45, 2.75) is 33.2 Å². The van der Waals surface area contributed by atoms with Crippen LogP contribution >= 0.6 is 0 Å². The Bertz CT molecular complexity index is 522. The molecule has 0 saturated heterocycles. The zero-order chi connectivity index (χ0) is 15.2. The Hall–Kier alpha value is -2.10. The van der Waals surface area contributed by atoms with Gasteiger partial charge in [0.1, 0.15) is 0 Å². The highest BCUT2D eigenvalue weighted by Crippen LogP contribution is 2.25. The quantitative estimate of drug-likeness (QED) is 0.663. The first-order valence-corrected chi connectivity index (χ1v) is 6.60. The van der Waals surface area contributed by atoms with Crippen LogP contribution < -0.4 is 5.32 Å². The summed E-state index contributed by atoms with van der Waals surface area (Å²) in [5, 5.41) is 2.88. The molecule has 0 fully saturated rings. The maximum Gasteiger partial charge on any atom is 0.330 e. The molecule has 1 unspecified atom stereocenters. The molecule has 0 spiro atoms. The van der Waals surface area contributed by atoms with Gasteiger partial charge in [0.15, 0.2) is 0 Å². The molecule has 0 aliphatic heterocycles. The van der Waals surface area contributed by atoms with E-state index in [-0.39, 0.29) is 5.91 Å². The Labute approximate surface area is 119 Å². The highest BCUT2D eigenvalue weighted by atomic mass is 16.5. The Morgan fingerprint density at radius 1 is 1.35 bits per heavy atom. The largest absolute Gasteiger partial charge is 0.463 e. The Morgan fingerprint density at radius 3 is 2.55 bits per heavy atom. The van der Waals surface area contributed by atoms with Crippen molar-refractivity contribution in [2.75, 3.05) is 6.61 Å². The molecule has 0 bridgehead atoms. The fraction of sp³-hybridized carbons (Fsp3) is 0.375. The van der Waals surface area contributed by atoms with E-state index in [1.165, 1.54) is 13.0 Å². The fourth-order valence-corrected chi connectivity index (χ4v) is 2.15. The summed E-state index contributed by atoms with van der Waals surface area (Å²) in [6.07, 6.45) is 3.01. The van der Waals surface area contributed by atoms with Crippen molar-refractivity contribution in [3.05, 3.63) is 47.5 Å². The normalized spacial score (nSPS) is 13.8. The van der Waals surface area contributed by atoms with Crippen molar-refractivity contribution >= 4 is 11.9 Å². The first-order chi connectivity index (χ1) is 9.39. The number of benzene rings is 1. The predicted octanol–water partition coefficient (Wildman–Crippen LogP) is 2.47. The Balaban J connectivity index is 3.13. The number of hydrogen-bond acceptors (Lipinski definition) is 3. The predicted molar refractivity (Wildman–Crippen MR) is 78.1 cm³/mol. The molecule has 1 aromatic carbocycles. The standard InChI is InChI=1S/C16H21NO3/c1-5-20-15(19)10-11-16(4,17-13(3)18)14-9-7-6-8-12(14)2/h6-11H,5H2,1-4H3,(H,17,18)/b11-10+. The van der Waals surface area contributed by atoms with Crippen LogP contribution in [0.15, 0.2) is 36.4 Å². The summed E-state index contributed by atoms with van der Waals surface area (Å²) in [5.41, 5.74) is 1.23. The fourth-order valence-electron chi connectivity index (χ4n) is 2.15. The van der Waals surface area contributed by atoms with E-state index >= 15 is 0 Å². The summed E-state index contributed by atoms with van der Waals surface area (Å²) in [6.45, 7) is 7.35. The summed E-state index contributed by atoms with van der Waals surface area (Å²) in [4.78, 5) is 22.9. The highest BCUT2D eigenvalue weighted by Gasteiger charge is 2.26. The van der Waals surface area contributed by atoms with Crippen molar-refractivity contribution in [3.63, 3.8) is 0 Å². The van der Waals surface area contributed by atoms with Gasteiger partial charge in [-0.05, 0) is 38.0 Å². The van der Waals surface area contributed by atoms with E-state index in [1.807, 2.05) is 38.1 Å². The van der Waals surface area contributed by atoms with Crippen LogP contribution in [0, 0.1) is 6.92 Å². The lowest BCUT2D eigenvalue weighted by Gasteiger charge is -2.29. The second-order valence-electron chi connectivity index (χ2n) is 4.78. The molecule has 1 atom stereocenters. The van der Waals surface area contributed by atoms with Crippen molar-refractivity contribution in [2.24, 2.45) is 0 Å². The van der Waals surface area contributed by atoms with Gasteiger partial charge in [0.2, 0.25) is 5.91 Å². The van der Waals surface area contributed by atoms with Gasteiger partial charge in [-0.1, -0.05) is 24.3 Å². The van der Waals surface area contributed by atoms with Gasteiger partial charge in [-0.2, -0.15) is 0 Å². The van der Waals surface area contributed by atoms with Crippen LogP contribution in [0.4, 0.5) is 0 Å². The van der Waals surface area contributed by atoms with Crippen LogP contribution in [0.1, 0.15) is 31.9 Å². The number of carbonyl (C=O) groups is 2. The van der Waals surface area contributed by atoms with Crippen molar-refractivity contribution in [3.8, 4) is 0 Å². The molecule has 1 amide bonds. The molecular weight excluding hydrogens is 254 g/mol. The second-order valence-corrected chi connectivity index (χ2v) is 4.78. The molecule has 0 heterocycles. The minimum Gasteiger partial charge on any atom is -0.463 e. The third kappa shape index (κ3) is 4.23.